The fourth-order valence-electron chi connectivity index (χ4n) is 1.54. The Morgan fingerprint density at radius 3 is 2.75 bits per heavy atom. The van der Waals surface area contributed by atoms with Gasteiger partial charge in [0.1, 0.15) is 0 Å². The van der Waals surface area contributed by atoms with Crippen molar-refractivity contribution in [3.05, 3.63) is 30.1 Å². The van der Waals surface area contributed by atoms with Crippen LogP contribution in [0.25, 0.3) is 0 Å². The van der Waals surface area contributed by atoms with E-state index in [2.05, 4.69) is 24.9 Å². The lowest BCUT2D eigenvalue weighted by atomic mass is 10.1. The Kier molecular flexibility index (Phi) is 6.50. The molecule has 1 aromatic heterocycles. The highest BCUT2D eigenvalue weighted by Crippen LogP contribution is 2.31. The summed E-state index contributed by atoms with van der Waals surface area (Å²) in [7, 11) is 0. The molecule has 3 heteroatoms. The van der Waals surface area contributed by atoms with E-state index in [0.717, 1.165) is 12.1 Å². The van der Waals surface area contributed by atoms with Gasteiger partial charge < -0.3 is 5.73 Å². The highest BCUT2D eigenvalue weighted by atomic mass is 32.2. The molecule has 2 N–H and O–H groups in total. The number of thioether (sulfide) groups is 1. The number of hydrogen-bond donors (Lipinski definition) is 1. The molecule has 2 unspecified atom stereocenters. The predicted molar refractivity (Wildman–Crippen MR) is 72.6 cm³/mol. The second-order valence-corrected chi connectivity index (χ2v) is 5.22. The largest absolute Gasteiger partial charge is 0.326 e. The summed E-state index contributed by atoms with van der Waals surface area (Å²) in [5, 5.41) is 0.345. The van der Waals surface area contributed by atoms with Crippen molar-refractivity contribution in [3.63, 3.8) is 0 Å². The number of hydrogen-bond acceptors (Lipinski definition) is 3. The predicted octanol–water partition coefficient (Wildman–Crippen LogP) is 3.39. The summed E-state index contributed by atoms with van der Waals surface area (Å²) in [5.74, 6) is 1.17. The highest BCUT2D eigenvalue weighted by molar-refractivity contribution is 7.99. The van der Waals surface area contributed by atoms with E-state index in [1.165, 1.54) is 18.6 Å². The van der Waals surface area contributed by atoms with Gasteiger partial charge >= 0.3 is 0 Å². The van der Waals surface area contributed by atoms with Gasteiger partial charge in [-0.1, -0.05) is 26.3 Å². The molecule has 0 aliphatic heterocycles. The van der Waals surface area contributed by atoms with Crippen LogP contribution >= 0.6 is 11.8 Å². The van der Waals surface area contributed by atoms with Crippen molar-refractivity contribution < 1.29 is 0 Å². The van der Waals surface area contributed by atoms with Gasteiger partial charge in [0.05, 0.1) is 10.9 Å². The van der Waals surface area contributed by atoms with Crippen LogP contribution in [0, 0.1) is 0 Å². The zero-order chi connectivity index (χ0) is 11.8. The van der Waals surface area contributed by atoms with Gasteiger partial charge in [-0.05, 0) is 30.7 Å². The minimum Gasteiger partial charge on any atom is -0.326 e. The second-order valence-electron chi connectivity index (χ2n) is 3.97. The zero-order valence-electron chi connectivity index (χ0n) is 10.2. The number of nitrogens with two attached hydrogens (primary N) is 1. The Labute approximate surface area is 103 Å². The van der Waals surface area contributed by atoms with Crippen molar-refractivity contribution in [2.45, 2.75) is 44.4 Å². The molecular weight excluding hydrogens is 216 g/mol. The molecule has 1 aromatic rings. The van der Waals surface area contributed by atoms with E-state index >= 15 is 0 Å². The van der Waals surface area contributed by atoms with Gasteiger partial charge in [0, 0.05) is 12.2 Å². The van der Waals surface area contributed by atoms with E-state index in [1.54, 1.807) is 0 Å². The summed E-state index contributed by atoms with van der Waals surface area (Å²) >= 11 is 1.94. The van der Waals surface area contributed by atoms with Gasteiger partial charge in [0.15, 0.2) is 0 Å². The fourth-order valence-corrected chi connectivity index (χ4v) is 3.00. The number of unbranched alkanes of at least 4 members (excludes halogenated alkanes) is 1. The summed E-state index contributed by atoms with van der Waals surface area (Å²) in [4.78, 5) is 4.43. The van der Waals surface area contributed by atoms with Crippen molar-refractivity contribution in [3.8, 4) is 0 Å². The van der Waals surface area contributed by atoms with Gasteiger partial charge in [-0.2, -0.15) is 11.8 Å². The lowest BCUT2D eigenvalue weighted by molar-refractivity contribution is 0.623. The van der Waals surface area contributed by atoms with E-state index in [9.17, 15) is 0 Å². The number of aromatic nitrogens is 1. The van der Waals surface area contributed by atoms with Crippen molar-refractivity contribution in [1.82, 2.24) is 4.98 Å². The zero-order valence-corrected chi connectivity index (χ0v) is 11.0. The van der Waals surface area contributed by atoms with E-state index in [1.807, 2.05) is 30.1 Å². The first-order chi connectivity index (χ1) is 7.79. The lowest BCUT2D eigenvalue weighted by Crippen LogP contribution is -2.26. The molecule has 2 nitrogen and oxygen atoms in total. The van der Waals surface area contributed by atoms with E-state index in [0.29, 0.717) is 5.25 Å². The molecule has 0 fully saturated rings. The van der Waals surface area contributed by atoms with Crippen LogP contribution in [0.3, 0.4) is 0 Å². The molecule has 16 heavy (non-hydrogen) atoms. The molecule has 0 aromatic carbocycles. The summed E-state index contributed by atoms with van der Waals surface area (Å²) in [5.41, 5.74) is 7.29. The van der Waals surface area contributed by atoms with Gasteiger partial charge in [-0.25, -0.2) is 0 Å². The van der Waals surface area contributed by atoms with Crippen molar-refractivity contribution >= 4 is 11.8 Å². The molecule has 1 rings (SSSR count). The number of rotatable bonds is 7. The Morgan fingerprint density at radius 2 is 2.19 bits per heavy atom. The Hall–Kier alpha value is -0.540. The van der Waals surface area contributed by atoms with Crippen LogP contribution in [0.15, 0.2) is 24.4 Å². The normalized spacial score (nSPS) is 14.7. The molecule has 0 saturated carbocycles. The quantitative estimate of drug-likeness (QED) is 0.740. The first-order valence-corrected chi connectivity index (χ1v) is 7.12. The van der Waals surface area contributed by atoms with E-state index in [4.69, 9.17) is 5.73 Å². The fraction of sp³-hybridized carbons (Fsp3) is 0.615. The van der Waals surface area contributed by atoms with E-state index < -0.39 is 0 Å². The SMILES string of the molecule is CCCCSC(c1ccccn1)C(N)CC. The van der Waals surface area contributed by atoms with Crippen molar-refractivity contribution in [2.24, 2.45) is 5.73 Å². The summed E-state index contributed by atoms with van der Waals surface area (Å²) < 4.78 is 0. The third-order valence-corrected chi connectivity index (χ3v) is 4.11. The van der Waals surface area contributed by atoms with Crippen molar-refractivity contribution in [1.29, 1.82) is 0 Å². The van der Waals surface area contributed by atoms with Crippen LogP contribution in [0.2, 0.25) is 0 Å². The standard InChI is InChI=1S/C13H22N2S/c1-3-5-10-16-13(11(14)4-2)12-8-6-7-9-15-12/h6-9,11,13H,3-5,10,14H2,1-2H3. The molecule has 0 radical (unpaired) electrons. The summed E-state index contributed by atoms with van der Waals surface area (Å²) in [6.45, 7) is 4.36. The molecule has 0 aliphatic rings. The van der Waals surface area contributed by atoms with E-state index in [-0.39, 0.29) is 6.04 Å². The number of pyridine rings is 1. The average Bonchev–Trinajstić information content (AvgIpc) is 2.35. The molecular formula is C13H22N2S. The van der Waals surface area contributed by atoms with Gasteiger partial charge in [0.25, 0.3) is 0 Å². The molecule has 0 aliphatic carbocycles. The van der Waals surface area contributed by atoms with Crippen LogP contribution < -0.4 is 5.73 Å². The molecule has 90 valence electrons. The monoisotopic (exact) mass is 238 g/mol. The third-order valence-electron chi connectivity index (χ3n) is 2.63. The summed E-state index contributed by atoms with van der Waals surface area (Å²) in [6.07, 6.45) is 5.35. The molecule has 1 heterocycles. The molecule has 0 spiro atoms. The highest BCUT2D eigenvalue weighted by Gasteiger charge is 2.19. The van der Waals surface area contributed by atoms with Crippen LogP contribution in [-0.2, 0) is 0 Å². The Balaban J connectivity index is 2.64. The van der Waals surface area contributed by atoms with Crippen molar-refractivity contribution in [2.75, 3.05) is 5.75 Å². The van der Waals surface area contributed by atoms with Gasteiger partial charge in [0.2, 0.25) is 0 Å². The third kappa shape index (κ3) is 4.14. The van der Waals surface area contributed by atoms with Gasteiger partial charge in [-0.15, -0.1) is 0 Å². The minimum atomic E-state index is 0.205. The molecule has 0 bridgehead atoms. The smallest absolute Gasteiger partial charge is 0.0620 e. The van der Waals surface area contributed by atoms with Crippen LogP contribution in [0.5, 0.6) is 0 Å². The van der Waals surface area contributed by atoms with Crippen LogP contribution in [0.1, 0.15) is 44.1 Å². The molecule has 2 atom stereocenters. The lowest BCUT2D eigenvalue weighted by Gasteiger charge is -2.21. The average molecular weight is 238 g/mol. The number of nitrogens with zero attached hydrogens (tertiary/aromatic N) is 1. The summed E-state index contributed by atoms with van der Waals surface area (Å²) in [6, 6.07) is 6.28. The maximum Gasteiger partial charge on any atom is 0.0620 e. The Morgan fingerprint density at radius 1 is 1.38 bits per heavy atom. The maximum atomic E-state index is 6.17. The van der Waals surface area contributed by atoms with Gasteiger partial charge in [-0.3, -0.25) is 4.98 Å². The molecule has 0 amide bonds. The Bertz CT molecular complexity index is 277. The second kappa shape index (κ2) is 7.69. The van der Waals surface area contributed by atoms with Crippen LogP contribution in [-0.4, -0.2) is 16.8 Å². The molecule has 0 saturated heterocycles. The topological polar surface area (TPSA) is 38.9 Å². The first-order valence-electron chi connectivity index (χ1n) is 6.07. The minimum absolute atomic E-state index is 0.205. The van der Waals surface area contributed by atoms with Crippen LogP contribution in [0.4, 0.5) is 0 Å². The first kappa shape index (κ1) is 13.5. The maximum absolute atomic E-state index is 6.17.